The van der Waals surface area contributed by atoms with Gasteiger partial charge in [0.25, 0.3) is 5.91 Å². The molecule has 6 nitrogen and oxygen atoms in total. The number of rotatable bonds is 2. The van der Waals surface area contributed by atoms with Crippen LogP contribution in [0.3, 0.4) is 0 Å². The molecule has 1 aliphatic rings. The minimum atomic E-state index is 0. The summed E-state index contributed by atoms with van der Waals surface area (Å²) in [6.45, 7) is 6.07. The molecule has 2 N–H and O–H groups in total. The Labute approximate surface area is 141 Å². The van der Waals surface area contributed by atoms with Crippen molar-refractivity contribution in [3.63, 3.8) is 0 Å². The van der Waals surface area contributed by atoms with Crippen molar-refractivity contribution >= 4 is 16.9 Å². The Balaban J connectivity index is 0.00000182. The summed E-state index contributed by atoms with van der Waals surface area (Å²) in [5, 5.41) is 0.986. The van der Waals surface area contributed by atoms with E-state index >= 15 is 0 Å². The third-order valence-electron chi connectivity index (χ3n) is 4.63. The Bertz CT molecular complexity index is 945. The van der Waals surface area contributed by atoms with Gasteiger partial charge in [-0.2, -0.15) is 0 Å². The van der Waals surface area contributed by atoms with Gasteiger partial charge in [-0.05, 0) is 32.4 Å². The van der Waals surface area contributed by atoms with E-state index in [1.54, 1.807) is 0 Å². The number of hydrogen-bond acceptors (Lipinski definition) is 3. The molecule has 124 valence electrons. The lowest BCUT2D eigenvalue weighted by Gasteiger charge is -2.25. The van der Waals surface area contributed by atoms with Crippen LogP contribution in [0.25, 0.3) is 22.3 Å². The van der Waals surface area contributed by atoms with E-state index in [4.69, 9.17) is 0 Å². The number of nitrogens with zero attached hydrogens (tertiary/aromatic N) is 3. The summed E-state index contributed by atoms with van der Waals surface area (Å²) in [7, 11) is 0. The van der Waals surface area contributed by atoms with Crippen molar-refractivity contribution < 1.29 is 6.22 Å². The first-order valence-electron chi connectivity index (χ1n) is 8.04. The van der Waals surface area contributed by atoms with Crippen LogP contribution in [0.4, 0.5) is 0 Å². The molecule has 4 rings (SSSR count). The number of aromatic amines is 2. The first kappa shape index (κ1) is 14.7. The summed E-state index contributed by atoms with van der Waals surface area (Å²) >= 11 is 0. The number of amides is 1. The second kappa shape index (κ2) is 5.33. The average Bonchev–Trinajstić information content (AvgIpc) is 3.27. The normalized spacial score (nSPS) is 20.2. The third-order valence-corrected chi connectivity index (χ3v) is 4.63. The molecular weight excluding hydrogens is 302 g/mol. The Kier molecular flexibility index (Phi) is 3.26. The van der Waals surface area contributed by atoms with Gasteiger partial charge in [-0.15, -0.1) is 0 Å². The van der Waals surface area contributed by atoms with E-state index < -0.39 is 0 Å². The van der Waals surface area contributed by atoms with Gasteiger partial charge in [-0.3, -0.25) is 4.79 Å². The Morgan fingerprint density at radius 2 is 1.92 bits per heavy atom. The van der Waals surface area contributed by atoms with Gasteiger partial charge in [0.05, 0.1) is 5.69 Å². The molecule has 2 unspecified atom stereocenters. The van der Waals surface area contributed by atoms with Crippen molar-refractivity contribution in [2.24, 2.45) is 0 Å². The standard InChI is InChI=1S/C18H19N5O.H2/c1-10-7-20-17-15(10)16(21-9-22-17)13-6-14(19-8-13)18(24)23-11(2)4-5-12(23)3;/h4-9,11-12,19H,1-3H3,(H,20,21,22);1H. The van der Waals surface area contributed by atoms with E-state index in [-0.39, 0.29) is 19.4 Å². The predicted octanol–water partition coefficient (Wildman–Crippen LogP) is 3.30. The monoisotopic (exact) mass is 323 g/mol. The lowest BCUT2D eigenvalue weighted by atomic mass is 10.1. The predicted molar refractivity (Wildman–Crippen MR) is 94.8 cm³/mol. The molecule has 0 bridgehead atoms. The van der Waals surface area contributed by atoms with E-state index in [2.05, 4.69) is 32.1 Å². The van der Waals surface area contributed by atoms with Crippen LogP contribution < -0.4 is 0 Å². The van der Waals surface area contributed by atoms with Crippen LogP contribution in [0.2, 0.25) is 0 Å². The molecular formula is C18H21N5O. The number of carbonyl (C=O) groups excluding carboxylic acids is 1. The van der Waals surface area contributed by atoms with Crippen LogP contribution in [-0.2, 0) is 0 Å². The molecule has 24 heavy (non-hydrogen) atoms. The highest BCUT2D eigenvalue weighted by molar-refractivity contribution is 5.97. The maximum Gasteiger partial charge on any atom is 0.271 e. The van der Waals surface area contributed by atoms with Gasteiger partial charge < -0.3 is 14.9 Å². The maximum absolute atomic E-state index is 12.8. The number of aromatic nitrogens is 4. The number of H-pyrrole nitrogens is 2. The molecule has 0 fully saturated rings. The number of carbonyl (C=O) groups is 1. The second-order valence-electron chi connectivity index (χ2n) is 6.30. The smallest absolute Gasteiger partial charge is 0.271 e. The van der Waals surface area contributed by atoms with Gasteiger partial charge in [0.1, 0.15) is 17.7 Å². The zero-order chi connectivity index (χ0) is 16.8. The van der Waals surface area contributed by atoms with Gasteiger partial charge in [0.15, 0.2) is 0 Å². The summed E-state index contributed by atoms with van der Waals surface area (Å²) in [5.74, 6) is 0.00217. The highest BCUT2D eigenvalue weighted by Gasteiger charge is 2.29. The van der Waals surface area contributed by atoms with Crippen molar-refractivity contribution in [1.29, 1.82) is 0 Å². The minimum Gasteiger partial charge on any atom is -0.357 e. The molecule has 1 aliphatic heterocycles. The molecule has 0 spiro atoms. The molecule has 4 heterocycles. The summed E-state index contributed by atoms with van der Waals surface area (Å²) in [5.41, 5.74) is 4.18. The number of aryl methyl sites for hydroxylation is 1. The summed E-state index contributed by atoms with van der Waals surface area (Å²) in [6, 6.07) is 2.09. The second-order valence-corrected chi connectivity index (χ2v) is 6.30. The molecule has 0 saturated heterocycles. The van der Waals surface area contributed by atoms with Crippen LogP contribution in [0, 0.1) is 6.92 Å². The number of fused-ring (bicyclic) bond motifs is 1. The van der Waals surface area contributed by atoms with Gasteiger partial charge >= 0.3 is 0 Å². The average molecular weight is 323 g/mol. The molecule has 1 amide bonds. The fraction of sp³-hybridized carbons (Fsp3) is 0.278. The fourth-order valence-corrected chi connectivity index (χ4v) is 3.38. The zero-order valence-electron chi connectivity index (χ0n) is 13.9. The van der Waals surface area contributed by atoms with Crippen LogP contribution >= 0.6 is 0 Å². The van der Waals surface area contributed by atoms with Crippen molar-refractivity contribution in [3.8, 4) is 11.3 Å². The first-order chi connectivity index (χ1) is 11.6. The van der Waals surface area contributed by atoms with Crippen molar-refractivity contribution in [1.82, 2.24) is 24.8 Å². The number of hydrogen-bond donors (Lipinski definition) is 2. The molecule has 3 aromatic heterocycles. The minimum absolute atomic E-state index is 0. The highest BCUT2D eigenvalue weighted by atomic mass is 16.2. The van der Waals surface area contributed by atoms with Crippen LogP contribution in [0.5, 0.6) is 0 Å². The first-order valence-corrected chi connectivity index (χ1v) is 8.04. The Morgan fingerprint density at radius 3 is 2.67 bits per heavy atom. The quantitative estimate of drug-likeness (QED) is 0.710. The van der Waals surface area contributed by atoms with E-state index in [9.17, 15) is 4.79 Å². The topological polar surface area (TPSA) is 77.7 Å². The van der Waals surface area contributed by atoms with Crippen LogP contribution in [-0.4, -0.2) is 42.8 Å². The molecule has 0 radical (unpaired) electrons. The van der Waals surface area contributed by atoms with Crippen LogP contribution in [0.1, 0.15) is 31.3 Å². The summed E-state index contributed by atoms with van der Waals surface area (Å²) < 4.78 is 0. The number of nitrogens with one attached hydrogen (secondary N) is 2. The van der Waals surface area contributed by atoms with E-state index in [1.807, 2.05) is 44.1 Å². The van der Waals surface area contributed by atoms with E-state index in [0.29, 0.717) is 5.69 Å². The molecule has 2 atom stereocenters. The lowest BCUT2D eigenvalue weighted by Crippen LogP contribution is -2.39. The molecule has 0 aliphatic carbocycles. The largest absolute Gasteiger partial charge is 0.357 e. The van der Waals surface area contributed by atoms with Gasteiger partial charge in [0.2, 0.25) is 0 Å². The van der Waals surface area contributed by atoms with Gasteiger partial charge in [0, 0.05) is 36.9 Å². The van der Waals surface area contributed by atoms with Crippen LogP contribution in [0.15, 0.2) is 36.9 Å². The molecule has 0 saturated carbocycles. The Hall–Kier alpha value is -2.89. The van der Waals surface area contributed by atoms with E-state index in [0.717, 1.165) is 27.9 Å². The summed E-state index contributed by atoms with van der Waals surface area (Å²) in [4.78, 5) is 29.6. The SMILES string of the molecule is Cc1c[nH]c2ncnc(-c3c[nH]c(C(=O)N4C(C)C=CC4C)c3)c12.[HH]. The van der Waals surface area contributed by atoms with Gasteiger partial charge in [-0.25, -0.2) is 9.97 Å². The van der Waals surface area contributed by atoms with Crippen molar-refractivity contribution in [3.05, 3.63) is 48.2 Å². The van der Waals surface area contributed by atoms with Gasteiger partial charge in [-0.1, -0.05) is 12.2 Å². The van der Waals surface area contributed by atoms with Crippen molar-refractivity contribution in [2.45, 2.75) is 32.9 Å². The molecule has 0 aromatic carbocycles. The summed E-state index contributed by atoms with van der Waals surface area (Å²) in [6.07, 6.45) is 9.41. The molecule has 3 aromatic rings. The Morgan fingerprint density at radius 1 is 1.17 bits per heavy atom. The zero-order valence-corrected chi connectivity index (χ0v) is 13.9. The lowest BCUT2D eigenvalue weighted by molar-refractivity contribution is 0.0704. The van der Waals surface area contributed by atoms with Crippen molar-refractivity contribution in [2.75, 3.05) is 0 Å². The van der Waals surface area contributed by atoms with E-state index in [1.165, 1.54) is 6.33 Å². The highest BCUT2D eigenvalue weighted by Crippen LogP contribution is 2.29. The molecule has 6 heteroatoms. The maximum atomic E-state index is 12.8. The fourth-order valence-electron chi connectivity index (χ4n) is 3.38. The third kappa shape index (κ3) is 2.14.